The van der Waals surface area contributed by atoms with Gasteiger partial charge in [0.2, 0.25) is 5.13 Å². The van der Waals surface area contributed by atoms with Gasteiger partial charge in [0.25, 0.3) is 0 Å². The molecule has 1 aliphatic rings. The summed E-state index contributed by atoms with van der Waals surface area (Å²) in [5.41, 5.74) is 2.10. The molecule has 0 radical (unpaired) electrons. The molecule has 0 amide bonds. The van der Waals surface area contributed by atoms with Crippen LogP contribution in [0.3, 0.4) is 0 Å². The third-order valence-electron chi connectivity index (χ3n) is 2.73. The van der Waals surface area contributed by atoms with Gasteiger partial charge in [0.1, 0.15) is 5.51 Å². The molecule has 0 bridgehead atoms. The van der Waals surface area contributed by atoms with E-state index in [1.165, 1.54) is 0 Å². The topological polar surface area (TPSA) is 47.0 Å². The van der Waals surface area contributed by atoms with E-state index in [2.05, 4.69) is 22.4 Å². The second-order valence-corrected chi connectivity index (χ2v) is 4.85. The zero-order valence-corrected chi connectivity index (χ0v) is 9.14. The summed E-state index contributed by atoms with van der Waals surface area (Å²) in [6, 6.07) is 0. The van der Waals surface area contributed by atoms with Gasteiger partial charge >= 0.3 is 0 Å². The minimum Gasteiger partial charge on any atom is -0.381 e. The second-order valence-electron chi connectivity index (χ2n) is 4.02. The molecule has 1 fully saturated rings. The third-order valence-corrected chi connectivity index (χ3v) is 3.38. The summed E-state index contributed by atoms with van der Waals surface area (Å²) in [4.78, 5) is 0. The lowest BCUT2D eigenvalue weighted by atomic mass is 9.82. The fourth-order valence-electron chi connectivity index (χ4n) is 1.58. The quantitative estimate of drug-likeness (QED) is 0.831. The van der Waals surface area contributed by atoms with Gasteiger partial charge in [0, 0.05) is 19.8 Å². The number of rotatable bonds is 3. The van der Waals surface area contributed by atoms with Gasteiger partial charge in [-0.3, -0.25) is 0 Å². The molecule has 14 heavy (non-hydrogen) atoms. The lowest BCUT2D eigenvalue weighted by Crippen LogP contribution is -2.33. The molecule has 1 N–H and O–H groups in total. The number of aromatic nitrogens is 2. The van der Waals surface area contributed by atoms with Crippen LogP contribution >= 0.6 is 11.3 Å². The van der Waals surface area contributed by atoms with E-state index in [-0.39, 0.29) is 0 Å². The summed E-state index contributed by atoms with van der Waals surface area (Å²) in [5.74, 6) is 0. The summed E-state index contributed by atoms with van der Waals surface area (Å²) in [7, 11) is 0. The molecule has 4 nitrogen and oxygen atoms in total. The Morgan fingerprint density at radius 1 is 1.57 bits per heavy atom. The molecule has 0 atom stereocenters. The molecule has 0 aromatic carbocycles. The molecule has 0 aliphatic carbocycles. The average molecular weight is 213 g/mol. The van der Waals surface area contributed by atoms with E-state index in [9.17, 15) is 0 Å². The van der Waals surface area contributed by atoms with Gasteiger partial charge in [0.15, 0.2) is 0 Å². The molecule has 2 heterocycles. The van der Waals surface area contributed by atoms with Crippen molar-refractivity contribution >= 4 is 16.5 Å². The first-order chi connectivity index (χ1) is 6.79. The highest BCUT2D eigenvalue weighted by atomic mass is 32.1. The van der Waals surface area contributed by atoms with Gasteiger partial charge in [0.05, 0.1) is 0 Å². The van der Waals surface area contributed by atoms with E-state index in [0.717, 1.165) is 37.7 Å². The first-order valence-corrected chi connectivity index (χ1v) is 5.74. The normalized spacial score (nSPS) is 20.6. The molecular formula is C9H15N3OS. The molecule has 0 unspecified atom stereocenters. The van der Waals surface area contributed by atoms with Gasteiger partial charge in [-0.1, -0.05) is 18.3 Å². The molecule has 1 aromatic heterocycles. The van der Waals surface area contributed by atoms with Crippen LogP contribution in [0.1, 0.15) is 19.8 Å². The average Bonchev–Trinajstić information content (AvgIpc) is 2.69. The van der Waals surface area contributed by atoms with Crippen LogP contribution in [-0.2, 0) is 4.74 Å². The Morgan fingerprint density at radius 3 is 3.00 bits per heavy atom. The van der Waals surface area contributed by atoms with Crippen molar-refractivity contribution in [1.29, 1.82) is 0 Å². The van der Waals surface area contributed by atoms with E-state index in [0.29, 0.717) is 5.41 Å². The molecule has 1 aromatic rings. The summed E-state index contributed by atoms with van der Waals surface area (Å²) in [6.07, 6.45) is 2.25. The van der Waals surface area contributed by atoms with Crippen molar-refractivity contribution in [2.75, 3.05) is 25.1 Å². The first kappa shape index (κ1) is 9.86. The smallest absolute Gasteiger partial charge is 0.205 e. The monoisotopic (exact) mass is 213 g/mol. The van der Waals surface area contributed by atoms with E-state index in [1.54, 1.807) is 16.8 Å². The number of nitrogens with one attached hydrogen (secondary N) is 1. The number of hydrogen-bond donors (Lipinski definition) is 1. The van der Waals surface area contributed by atoms with Gasteiger partial charge in [-0.05, 0) is 18.3 Å². The van der Waals surface area contributed by atoms with Crippen molar-refractivity contribution in [3.63, 3.8) is 0 Å². The van der Waals surface area contributed by atoms with E-state index < -0.39 is 0 Å². The van der Waals surface area contributed by atoms with Crippen LogP contribution in [0.2, 0.25) is 0 Å². The second kappa shape index (κ2) is 4.23. The highest BCUT2D eigenvalue weighted by Crippen LogP contribution is 2.29. The number of anilines is 1. The Morgan fingerprint density at radius 2 is 2.36 bits per heavy atom. The maximum Gasteiger partial charge on any atom is 0.205 e. The van der Waals surface area contributed by atoms with Crippen LogP contribution in [-0.4, -0.2) is 30.0 Å². The zero-order valence-electron chi connectivity index (χ0n) is 8.32. The van der Waals surface area contributed by atoms with Crippen LogP contribution in [0.25, 0.3) is 0 Å². The molecule has 5 heteroatoms. The van der Waals surface area contributed by atoms with E-state index in [1.807, 2.05) is 0 Å². The van der Waals surface area contributed by atoms with Gasteiger partial charge in [-0.15, -0.1) is 10.2 Å². The van der Waals surface area contributed by atoms with Crippen molar-refractivity contribution in [3.8, 4) is 0 Å². The van der Waals surface area contributed by atoms with E-state index in [4.69, 9.17) is 4.74 Å². The predicted octanol–water partition coefficient (Wildman–Crippen LogP) is 1.77. The summed E-state index contributed by atoms with van der Waals surface area (Å²) < 4.78 is 5.35. The molecule has 0 saturated carbocycles. The molecule has 1 aliphatic heterocycles. The van der Waals surface area contributed by atoms with Gasteiger partial charge in [-0.2, -0.15) is 0 Å². The fraction of sp³-hybridized carbons (Fsp3) is 0.778. The van der Waals surface area contributed by atoms with Crippen LogP contribution < -0.4 is 5.32 Å². The number of hydrogen-bond acceptors (Lipinski definition) is 5. The van der Waals surface area contributed by atoms with Crippen LogP contribution in [0, 0.1) is 5.41 Å². The largest absolute Gasteiger partial charge is 0.381 e. The van der Waals surface area contributed by atoms with Gasteiger partial charge < -0.3 is 10.1 Å². The SMILES string of the molecule is CC1(CNc2nncs2)CCOCC1. The fourth-order valence-corrected chi connectivity index (χ4v) is 2.02. The van der Waals surface area contributed by atoms with Crippen molar-refractivity contribution in [2.24, 2.45) is 5.41 Å². The maximum absolute atomic E-state index is 5.35. The van der Waals surface area contributed by atoms with Crippen molar-refractivity contribution in [1.82, 2.24) is 10.2 Å². The zero-order chi connectivity index (χ0) is 9.86. The lowest BCUT2D eigenvalue weighted by Gasteiger charge is -2.33. The standard InChI is InChI=1S/C9H15N3OS/c1-9(2-4-13-5-3-9)6-10-8-12-11-7-14-8/h7H,2-6H2,1H3,(H,10,12). The Kier molecular flexibility index (Phi) is 2.98. The molecule has 2 rings (SSSR count). The lowest BCUT2D eigenvalue weighted by molar-refractivity contribution is 0.0300. The van der Waals surface area contributed by atoms with Crippen molar-refractivity contribution < 1.29 is 4.74 Å². The minimum atomic E-state index is 0.351. The summed E-state index contributed by atoms with van der Waals surface area (Å²) in [5, 5.41) is 12.0. The van der Waals surface area contributed by atoms with E-state index >= 15 is 0 Å². The number of ether oxygens (including phenoxy) is 1. The molecule has 0 spiro atoms. The van der Waals surface area contributed by atoms with Gasteiger partial charge in [-0.25, -0.2) is 0 Å². The Balaban J connectivity index is 1.84. The van der Waals surface area contributed by atoms with Crippen LogP contribution in [0.5, 0.6) is 0 Å². The Bertz CT molecular complexity index is 270. The maximum atomic E-state index is 5.35. The summed E-state index contributed by atoms with van der Waals surface area (Å²) in [6.45, 7) is 5.03. The molecular weight excluding hydrogens is 198 g/mol. The first-order valence-electron chi connectivity index (χ1n) is 4.86. The Labute approximate surface area is 87.7 Å². The van der Waals surface area contributed by atoms with Crippen LogP contribution in [0.15, 0.2) is 5.51 Å². The molecule has 1 saturated heterocycles. The van der Waals surface area contributed by atoms with Crippen molar-refractivity contribution in [2.45, 2.75) is 19.8 Å². The highest BCUT2D eigenvalue weighted by Gasteiger charge is 2.27. The Hall–Kier alpha value is -0.680. The highest BCUT2D eigenvalue weighted by molar-refractivity contribution is 7.13. The van der Waals surface area contributed by atoms with Crippen LogP contribution in [0.4, 0.5) is 5.13 Å². The minimum absolute atomic E-state index is 0.351. The molecule has 78 valence electrons. The predicted molar refractivity (Wildman–Crippen MR) is 56.6 cm³/mol. The number of nitrogens with zero attached hydrogens (tertiary/aromatic N) is 2. The third kappa shape index (κ3) is 2.42. The summed E-state index contributed by atoms with van der Waals surface area (Å²) >= 11 is 1.55. The van der Waals surface area contributed by atoms with Crippen molar-refractivity contribution in [3.05, 3.63) is 5.51 Å².